The fourth-order valence-corrected chi connectivity index (χ4v) is 5.20. The van der Waals surface area contributed by atoms with E-state index in [1.165, 1.54) is 0 Å². The molecular weight excluding hydrogens is 464 g/mol. The molecule has 0 spiro atoms. The lowest BCUT2D eigenvalue weighted by molar-refractivity contribution is 0.108. The van der Waals surface area contributed by atoms with Crippen LogP contribution in [0.5, 0.6) is 0 Å². The van der Waals surface area contributed by atoms with Gasteiger partial charge in [-0.25, -0.2) is 14.5 Å². The lowest BCUT2D eigenvalue weighted by Crippen LogP contribution is -2.19. The molecule has 9 heteroatoms. The van der Waals surface area contributed by atoms with Crippen molar-refractivity contribution in [3.05, 3.63) is 61.2 Å². The number of imidazole rings is 1. The van der Waals surface area contributed by atoms with Crippen LogP contribution in [0.3, 0.4) is 0 Å². The first-order valence-corrected chi connectivity index (χ1v) is 12.8. The van der Waals surface area contributed by atoms with Crippen LogP contribution in [0.1, 0.15) is 39.2 Å². The van der Waals surface area contributed by atoms with Crippen LogP contribution in [-0.2, 0) is 11.8 Å². The van der Waals surface area contributed by atoms with Gasteiger partial charge in [0.05, 0.1) is 11.8 Å². The molecule has 2 atom stereocenters. The Morgan fingerprint density at radius 1 is 1.05 bits per heavy atom. The van der Waals surface area contributed by atoms with Crippen LogP contribution in [0.4, 0.5) is 5.82 Å². The maximum Gasteiger partial charge on any atom is 0.218 e. The SMILES string of the molecule is COC1CCC(Nc2nc(-c3nccn3C)nn3cc(-c4ccn(C(C)C)n4)c(-c4ccccc4)c23)C1. The lowest BCUT2D eigenvalue weighted by atomic mass is 10.0. The molecule has 0 bridgehead atoms. The molecule has 1 fully saturated rings. The summed E-state index contributed by atoms with van der Waals surface area (Å²) in [5, 5.41) is 13.6. The second kappa shape index (κ2) is 9.48. The van der Waals surface area contributed by atoms with Gasteiger partial charge < -0.3 is 14.6 Å². The number of ether oxygens (including phenoxy) is 1. The molecule has 1 aliphatic carbocycles. The second-order valence-electron chi connectivity index (χ2n) is 10.0. The average Bonchev–Trinajstić information content (AvgIpc) is 3.69. The minimum Gasteiger partial charge on any atom is -0.381 e. The highest BCUT2D eigenvalue weighted by atomic mass is 16.5. The highest BCUT2D eigenvalue weighted by Crippen LogP contribution is 2.40. The first kappa shape index (κ1) is 23.4. The third-order valence-corrected chi connectivity index (χ3v) is 7.19. The number of rotatable bonds is 7. The van der Waals surface area contributed by atoms with Gasteiger partial charge in [-0.15, -0.1) is 5.10 Å². The molecule has 1 aromatic carbocycles. The van der Waals surface area contributed by atoms with E-state index in [0.29, 0.717) is 11.6 Å². The zero-order valence-corrected chi connectivity index (χ0v) is 21.7. The van der Waals surface area contributed by atoms with Crippen molar-refractivity contribution in [2.75, 3.05) is 12.4 Å². The van der Waals surface area contributed by atoms with Crippen LogP contribution in [0.2, 0.25) is 0 Å². The van der Waals surface area contributed by atoms with Crippen molar-refractivity contribution in [1.82, 2.24) is 33.9 Å². The van der Waals surface area contributed by atoms with Gasteiger partial charge in [0.15, 0.2) is 11.6 Å². The summed E-state index contributed by atoms with van der Waals surface area (Å²) in [5.74, 6) is 2.08. The van der Waals surface area contributed by atoms with Gasteiger partial charge in [-0.3, -0.25) is 4.68 Å². The third-order valence-electron chi connectivity index (χ3n) is 7.19. The van der Waals surface area contributed by atoms with Gasteiger partial charge in [0, 0.05) is 62.2 Å². The Morgan fingerprint density at radius 3 is 2.57 bits per heavy atom. The van der Waals surface area contributed by atoms with Gasteiger partial charge in [-0.2, -0.15) is 5.10 Å². The van der Waals surface area contributed by atoms with Gasteiger partial charge >= 0.3 is 0 Å². The third kappa shape index (κ3) is 4.29. The Morgan fingerprint density at radius 2 is 1.89 bits per heavy atom. The summed E-state index contributed by atoms with van der Waals surface area (Å²) < 4.78 is 11.5. The zero-order chi connectivity index (χ0) is 25.5. The molecule has 4 heterocycles. The summed E-state index contributed by atoms with van der Waals surface area (Å²) >= 11 is 0. The first-order chi connectivity index (χ1) is 18.0. The first-order valence-electron chi connectivity index (χ1n) is 12.8. The number of anilines is 1. The maximum absolute atomic E-state index is 5.64. The molecule has 4 aromatic heterocycles. The van der Waals surface area contributed by atoms with Crippen LogP contribution >= 0.6 is 0 Å². The van der Waals surface area contributed by atoms with Crippen LogP contribution in [0.25, 0.3) is 39.5 Å². The van der Waals surface area contributed by atoms with E-state index in [0.717, 1.165) is 53.0 Å². The maximum atomic E-state index is 5.64. The fourth-order valence-electron chi connectivity index (χ4n) is 5.20. The topological polar surface area (TPSA) is 87.1 Å². The normalized spacial score (nSPS) is 17.8. The van der Waals surface area contributed by atoms with E-state index in [9.17, 15) is 0 Å². The van der Waals surface area contributed by atoms with E-state index in [1.807, 2.05) is 39.3 Å². The average molecular weight is 497 g/mol. The molecule has 0 aliphatic heterocycles. The summed E-state index contributed by atoms with van der Waals surface area (Å²) in [6.07, 6.45) is 11.0. The molecule has 0 saturated heterocycles. The monoisotopic (exact) mass is 496 g/mol. The van der Waals surface area contributed by atoms with Crippen molar-refractivity contribution in [2.24, 2.45) is 7.05 Å². The van der Waals surface area contributed by atoms with E-state index in [4.69, 9.17) is 19.9 Å². The Hall–Kier alpha value is -3.98. The number of benzene rings is 1. The zero-order valence-electron chi connectivity index (χ0n) is 21.7. The summed E-state index contributed by atoms with van der Waals surface area (Å²) in [4.78, 5) is 9.57. The van der Waals surface area contributed by atoms with Crippen molar-refractivity contribution in [1.29, 1.82) is 0 Å². The molecule has 1 saturated carbocycles. The highest BCUT2D eigenvalue weighted by Gasteiger charge is 2.28. The molecule has 5 aromatic rings. The number of hydrogen-bond acceptors (Lipinski definition) is 6. The number of methoxy groups -OCH3 is 1. The second-order valence-corrected chi connectivity index (χ2v) is 10.0. The largest absolute Gasteiger partial charge is 0.381 e. The molecule has 190 valence electrons. The van der Waals surface area contributed by atoms with Gasteiger partial charge in [-0.1, -0.05) is 30.3 Å². The van der Waals surface area contributed by atoms with Crippen molar-refractivity contribution in [3.63, 3.8) is 0 Å². The lowest BCUT2D eigenvalue weighted by Gasteiger charge is -2.16. The molecule has 37 heavy (non-hydrogen) atoms. The summed E-state index contributed by atoms with van der Waals surface area (Å²) in [7, 11) is 3.75. The number of nitrogens with zero attached hydrogens (tertiary/aromatic N) is 7. The van der Waals surface area contributed by atoms with Crippen molar-refractivity contribution in [3.8, 4) is 34.0 Å². The molecule has 0 amide bonds. The van der Waals surface area contributed by atoms with Gasteiger partial charge in [0.2, 0.25) is 5.82 Å². The van der Waals surface area contributed by atoms with Crippen LogP contribution in [0.15, 0.2) is 61.2 Å². The Balaban J connectivity index is 1.59. The van der Waals surface area contributed by atoms with E-state index in [2.05, 4.69) is 60.7 Å². The quantitative estimate of drug-likeness (QED) is 0.332. The number of aryl methyl sites for hydroxylation is 1. The predicted octanol–water partition coefficient (Wildman–Crippen LogP) is 5.22. The number of aromatic nitrogens is 7. The minimum atomic E-state index is 0.264. The van der Waals surface area contributed by atoms with Crippen molar-refractivity contribution >= 4 is 11.3 Å². The van der Waals surface area contributed by atoms with Gasteiger partial charge in [0.25, 0.3) is 0 Å². The Labute approximate surface area is 216 Å². The Bertz CT molecular complexity index is 1530. The Kier molecular flexibility index (Phi) is 6.00. The van der Waals surface area contributed by atoms with E-state index < -0.39 is 0 Å². The summed E-state index contributed by atoms with van der Waals surface area (Å²) in [5.41, 5.74) is 5.00. The summed E-state index contributed by atoms with van der Waals surface area (Å²) in [6.45, 7) is 4.26. The van der Waals surface area contributed by atoms with Crippen LogP contribution < -0.4 is 5.32 Å². The summed E-state index contributed by atoms with van der Waals surface area (Å²) in [6, 6.07) is 13.0. The fraction of sp³-hybridized carbons (Fsp3) is 0.357. The van der Waals surface area contributed by atoms with E-state index in [-0.39, 0.29) is 18.2 Å². The van der Waals surface area contributed by atoms with E-state index in [1.54, 1.807) is 13.3 Å². The molecule has 1 aliphatic rings. The van der Waals surface area contributed by atoms with Crippen molar-refractivity contribution < 1.29 is 4.74 Å². The van der Waals surface area contributed by atoms with Gasteiger partial charge in [-0.05, 0) is 44.7 Å². The molecular formula is C28H32N8O. The number of hydrogen-bond donors (Lipinski definition) is 1. The van der Waals surface area contributed by atoms with Crippen LogP contribution in [-0.4, -0.2) is 53.2 Å². The van der Waals surface area contributed by atoms with Gasteiger partial charge in [0.1, 0.15) is 5.52 Å². The minimum absolute atomic E-state index is 0.264. The number of nitrogens with one attached hydrogen (secondary N) is 1. The molecule has 1 N–H and O–H groups in total. The number of fused-ring (bicyclic) bond motifs is 1. The molecule has 6 rings (SSSR count). The standard InChI is InChI=1S/C28H32N8O/c1-18(2)35-14-12-23(32-35)22-17-36-25(24(22)19-8-6-5-7-9-19)26(30-20-10-11-21(16-20)37-4)31-27(33-36)28-29-13-15-34(28)3/h5-9,12-15,17-18,20-21H,10-11,16H2,1-4H3,(H,30,31,33). The van der Waals surface area contributed by atoms with E-state index >= 15 is 0 Å². The predicted molar refractivity (Wildman–Crippen MR) is 144 cm³/mol. The molecule has 0 radical (unpaired) electrons. The van der Waals surface area contributed by atoms with Crippen molar-refractivity contribution in [2.45, 2.75) is 51.3 Å². The smallest absolute Gasteiger partial charge is 0.218 e. The van der Waals surface area contributed by atoms with Crippen LogP contribution in [0, 0.1) is 0 Å². The molecule has 9 nitrogen and oxygen atoms in total. The molecule has 2 unspecified atom stereocenters. The highest BCUT2D eigenvalue weighted by molar-refractivity contribution is 5.98.